The van der Waals surface area contributed by atoms with Gasteiger partial charge in [0.25, 0.3) is 0 Å². The molecule has 8 heteroatoms. The van der Waals surface area contributed by atoms with Crippen molar-refractivity contribution in [2.24, 2.45) is 13.0 Å². The van der Waals surface area contributed by atoms with E-state index in [4.69, 9.17) is 4.74 Å². The Morgan fingerprint density at radius 1 is 1.44 bits per heavy atom. The standard InChI is InChI=1S/C17H26N6O2/c1-13-6-16(21(2)20-13)11-22-8-14(7-18-17(24)12-25-3)9-23-15(10-22)4-5-19-23/h4-6,14H,7-12H2,1-3H3,(H,18,24). The number of aryl methyl sites for hydroxylation is 2. The SMILES string of the molecule is COCC(=O)NCC1CN(Cc2cc(C)nn2C)Cc2ccnn2C1. The van der Waals surface area contributed by atoms with E-state index in [1.807, 2.05) is 29.5 Å². The smallest absolute Gasteiger partial charge is 0.245 e. The highest BCUT2D eigenvalue weighted by Gasteiger charge is 2.23. The van der Waals surface area contributed by atoms with Crippen LogP contribution in [-0.4, -0.2) is 57.2 Å². The average molecular weight is 346 g/mol. The van der Waals surface area contributed by atoms with Crippen molar-refractivity contribution in [1.29, 1.82) is 0 Å². The lowest BCUT2D eigenvalue weighted by Gasteiger charge is -2.24. The van der Waals surface area contributed by atoms with Gasteiger partial charge in [-0.3, -0.25) is 19.1 Å². The predicted octanol–water partition coefficient (Wildman–Crippen LogP) is 0.320. The summed E-state index contributed by atoms with van der Waals surface area (Å²) in [5.74, 6) is 0.206. The van der Waals surface area contributed by atoms with Crippen molar-refractivity contribution in [2.45, 2.75) is 26.6 Å². The molecule has 25 heavy (non-hydrogen) atoms. The molecule has 0 bridgehead atoms. The molecule has 1 aliphatic rings. The molecule has 1 N–H and O–H groups in total. The van der Waals surface area contributed by atoms with E-state index in [0.717, 1.165) is 31.9 Å². The molecule has 8 nitrogen and oxygen atoms in total. The van der Waals surface area contributed by atoms with Crippen molar-refractivity contribution in [1.82, 2.24) is 29.8 Å². The third-order valence-corrected chi connectivity index (χ3v) is 4.49. The molecule has 0 saturated carbocycles. The first-order chi connectivity index (χ1) is 12.0. The van der Waals surface area contributed by atoms with Crippen LogP contribution in [0.25, 0.3) is 0 Å². The Morgan fingerprint density at radius 2 is 2.28 bits per heavy atom. The van der Waals surface area contributed by atoms with Crippen molar-refractivity contribution in [3.8, 4) is 0 Å². The number of ether oxygens (including phenoxy) is 1. The molecule has 0 radical (unpaired) electrons. The number of aromatic nitrogens is 4. The first kappa shape index (κ1) is 17.6. The molecule has 0 fully saturated rings. The second-order valence-corrected chi connectivity index (χ2v) is 6.68. The van der Waals surface area contributed by atoms with Gasteiger partial charge in [0.1, 0.15) is 6.61 Å². The van der Waals surface area contributed by atoms with Crippen molar-refractivity contribution in [2.75, 3.05) is 26.8 Å². The van der Waals surface area contributed by atoms with Gasteiger partial charge < -0.3 is 10.1 Å². The van der Waals surface area contributed by atoms with E-state index in [9.17, 15) is 4.79 Å². The van der Waals surface area contributed by atoms with Crippen molar-refractivity contribution in [3.05, 3.63) is 35.4 Å². The Balaban J connectivity index is 1.70. The largest absolute Gasteiger partial charge is 0.375 e. The topological polar surface area (TPSA) is 77.2 Å². The summed E-state index contributed by atoms with van der Waals surface area (Å²) in [5, 5.41) is 11.8. The molecule has 1 atom stereocenters. The normalized spacial score (nSPS) is 18.0. The molecule has 136 valence electrons. The van der Waals surface area contributed by atoms with E-state index in [1.165, 1.54) is 18.5 Å². The molecule has 0 aromatic carbocycles. The van der Waals surface area contributed by atoms with Gasteiger partial charge in [0.15, 0.2) is 0 Å². The zero-order valence-corrected chi connectivity index (χ0v) is 15.1. The predicted molar refractivity (Wildman–Crippen MR) is 92.7 cm³/mol. The Morgan fingerprint density at radius 3 is 3.00 bits per heavy atom. The van der Waals surface area contributed by atoms with Crippen LogP contribution < -0.4 is 5.32 Å². The summed E-state index contributed by atoms with van der Waals surface area (Å²) in [5.41, 5.74) is 3.41. The number of carbonyl (C=O) groups is 1. The Kier molecular flexibility index (Phi) is 5.50. The van der Waals surface area contributed by atoms with Crippen molar-refractivity contribution < 1.29 is 9.53 Å². The van der Waals surface area contributed by atoms with E-state index < -0.39 is 0 Å². The molecule has 1 amide bonds. The fourth-order valence-corrected chi connectivity index (χ4v) is 3.35. The molecular weight excluding hydrogens is 320 g/mol. The molecule has 2 aromatic rings. The zero-order valence-electron chi connectivity index (χ0n) is 15.1. The number of fused-ring (bicyclic) bond motifs is 1. The molecule has 0 aliphatic carbocycles. The summed E-state index contributed by atoms with van der Waals surface area (Å²) in [6, 6.07) is 4.19. The van der Waals surface area contributed by atoms with Crippen molar-refractivity contribution >= 4 is 5.91 Å². The summed E-state index contributed by atoms with van der Waals surface area (Å²) in [7, 11) is 3.51. The third-order valence-electron chi connectivity index (χ3n) is 4.49. The number of rotatable bonds is 6. The first-order valence-electron chi connectivity index (χ1n) is 8.53. The average Bonchev–Trinajstić information content (AvgIpc) is 3.07. The zero-order chi connectivity index (χ0) is 17.8. The van der Waals surface area contributed by atoms with Crippen LogP contribution in [0.2, 0.25) is 0 Å². The number of methoxy groups -OCH3 is 1. The maximum absolute atomic E-state index is 11.7. The van der Waals surface area contributed by atoms with Gasteiger partial charge in [0.05, 0.1) is 17.1 Å². The van der Waals surface area contributed by atoms with Gasteiger partial charge in [-0.1, -0.05) is 0 Å². The van der Waals surface area contributed by atoms with Crippen LogP contribution in [-0.2, 0) is 36.2 Å². The molecular formula is C17H26N6O2. The van der Waals surface area contributed by atoms with Crippen LogP contribution in [0, 0.1) is 12.8 Å². The highest BCUT2D eigenvalue weighted by molar-refractivity contribution is 5.77. The van der Waals surface area contributed by atoms with Gasteiger partial charge in [0.2, 0.25) is 5.91 Å². The van der Waals surface area contributed by atoms with Crippen LogP contribution in [0.15, 0.2) is 18.3 Å². The molecule has 0 spiro atoms. The van der Waals surface area contributed by atoms with Crippen LogP contribution >= 0.6 is 0 Å². The third kappa shape index (κ3) is 4.46. The summed E-state index contributed by atoms with van der Waals surface area (Å²) in [4.78, 5) is 14.1. The number of nitrogens with zero attached hydrogens (tertiary/aromatic N) is 5. The van der Waals surface area contributed by atoms with Crippen LogP contribution in [0.3, 0.4) is 0 Å². The van der Waals surface area contributed by atoms with Crippen LogP contribution in [0.1, 0.15) is 17.1 Å². The Bertz CT molecular complexity index is 723. The lowest BCUT2D eigenvalue weighted by Crippen LogP contribution is -2.37. The number of nitrogens with one attached hydrogen (secondary N) is 1. The molecule has 2 aromatic heterocycles. The number of hydrogen-bond acceptors (Lipinski definition) is 5. The first-order valence-corrected chi connectivity index (χ1v) is 8.53. The van der Waals surface area contributed by atoms with E-state index in [1.54, 1.807) is 0 Å². The molecule has 1 unspecified atom stereocenters. The van der Waals surface area contributed by atoms with E-state index in [2.05, 4.69) is 32.5 Å². The Hall–Kier alpha value is -2.19. The fraction of sp³-hybridized carbons (Fsp3) is 0.588. The maximum Gasteiger partial charge on any atom is 0.245 e. The molecule has 1 aliphatic heterocycles. The van der Waals surface area contributed by atoms with Gasteiger partial charge in [-0.05, 0) is 19.1 Å². The van der Waals surface area contributed by atoms with E-state index in [0.29, 0.717) is 6.54 Å². The highest BCUT2D eigenvalue weighted by atomic mass is 16.5. The number of carbonyl (C=O) groups excluding carboxylic acids is 1. The monoisotopic (exact) mass is 346 g/mol. The minimum absolute atomic E-state index is 0.0822. The van der Waals surface area contributed by atoms with Crippen LogP contribution in [0.4, 0.5) is 0 Å². The summed E-state index contributed by atoms with van der Waals surface area (Å²) >= 11 is 0. The van der Waals surface area contributed by atoms with E-state index >= 15 is 0 Å². The van der Waals surface area contributed by atoms with Gasteiger partial charge in [-0.25, -0.2) is 0 Å². The maximum atomic E-state index is 11.7. The second-order valence-electron chi connectivity index (χ2n) is 6.68. The lowest BCUT2D eigenvalue weighted by atomic mass is 10.1. The fourth-order valence-electron chi connectivity index (χ4n) is 3.35. The summed E-state index contributed by atoms with van der Waals surface area (Å²) in [6.45, 7) is 6.07. The van der Waals surface area contributed by atoms with Gasteiger partial charge in [-0.2, -0.15) is 10.2 Å². The molecule has 3 rings (SSSR count). The van der Waals surface area contributed by atoms with Gasteiger partial charge >= 0.3 is 0 Å². The van der Waals surface area contributed by atoms with E-state index in [-0.39, 0.29) is 18.4 Å². The summed E-state index contributed by atoms with van der Waals surface area (Å²) < 4.78 is 8.86. The van der Waals surface area contributed by atoms with Gasteiger partial charge in [-0.15, -0.1) is 0 Å². The minimum atomic E-state index is -0.0822. The van der Waals surface area contributed by atoms with Crippen molar-refractivity contribution in [3.63, 3.8) is 0 Å². The summed E-state index contributed by atoms with van der Waals surface area (Å²) in [6.07, 6.45) is 1.84. The number of amides is 1. The van der Waals surface area contributed by atoms with Gasteiger partial charge in [0, 0.05) is 59.0 Å². The number of hydrogen-bond donors (Lipinski definition) is 1. The molecule has 3 heterocycles. The highest BCUT2D eigenvalue weighted by Crippen LogP contribution is 2.18. The Labute approximate surface area is 147 Å². The van der Waals surface area contributed by atoms with Crippen LogP contribution in [0.5, 0.6) is 0 Å². The molecule has 0 saturated heterocycles. The quantitative estimate of drug-likeness (QED) is 0.815. The second kappa shape index (κ2) is 7.79. The minimum Gasteiger partial charge on any atom is -0.375 e. The lowest BCUT2D eigenvalue weighted by molar-refractivity contribution is -0.124.